The van der Waals surface area contributed by atoms with Crippen LogP contribution in [-0.2, 0) is 6.61 Å². The maximum atomic E-state index is 13.5. The molecule has 0 aliphatic rings. The number of para-hydroxylation sites is 1. The summed E-state index contributed by atoms with van der Waals surface area (Å²) in [7, 11) is 0. The van der Waals surface area contributed by atoms with E-state index in [2.05, 4.69) is 15.9 Å². The van der Waals surface area contributed by atoms with Gasteiger partial charge in [-0.1, -0.05) is 18.2 Å². The molecule has 5 nitrogen and oxygen atoms in total. The number of aliphatic hydroxyl groups excluding tert-OH is 1. The monoisotopic (exact) mass is 341 g/mol. The first-order chi connectivity index (χ1) is 9.52. The molecule has 0 unspecified atom stereocenters. The van der Waals surface area contributed by atoms with Gasteiger partial charge in [0.25, 0.3) is 0 Å². The van der Waals surface area contributed by atoms with Crippen LogP contribution in [0.25, 0.3) is 0 Å². The van der Waals surface area contributed by atoms with Gasteiger partial charge in [-0.05, 0) is 22.0 Å². The minimum atomic E-state index is -0.674. The molecular weight excluding hydrogens is 333 g/mol. The molecule has 0 atom stereocenters. The Bertz CT molecular complexity index is 663. The fourth-order valence-electron chi connectivity index (χ4n) is 1.59. The van der Waals surface area contributed by atoms with Crippen LogP contribution in [-0.4, -0.2) is 10.0 Å². The number of aliphatic hydroxyl groups is 1. The van der Waals surface area contributed by atoms with Crippen LogP contribution in [0.4, 0.5) is 10.1 Å². The molecule has 0 heterocycles. The van der Waals surface area contributed by atoms with E-state index in [-0.39, 0.29) is 28.3 Å². The minimum absolute atomic E-state index is 0.0213. The van der Waals surface area contributed by atoms with Gasteiger partial charge in [0.05, 0.1) is 16.0 Å². The number of hydrogen-bond acceptors (Lipinski definition) is 4. The van der Waals surface area contributed by atoms with E-state index >= 15 is 0 Å². The molecule has 104 valence electrons. The van der Waals surface area contributed by atoms with Crippen LogP contribution in [0.5, 0.6) is 11.5 Å². The number of nitro benzene ring substituents is 1. The highest BCUT2D eigenvalue weighted by atomic mass is 79.9. The molecule has 0 fully saturated rings. The second-order valence-corrected chi connectivity index (χ2v) is 4.71. The lowest BCUT2D eigenvalue weighted by molar-refractivity contribution is -0.385. The third-order valence-corrected chi connectivity index (χ3v) is 3.17. The quantitative estimate of drug-likeness (QED) is 0.678. The van der Waals surface area contributed by atoms with Crippen LogP contribution in [0.15, 0.2) is 40.9 Å². The van der Waals surface area contributed by atoms with Gasteiger partial charge in [-0.25, -0.2) is 4.39 Å². The summed E-state index contributed by atoms with van der Waals surface area (Å²) in [5.74, 6) is -0.663. The topological polar surface area (TPSA) is 72.6 Å². The SMILES string of the molecule is O=[N+]([O-])c1cc(Br)c(F)cc1Oc1ccccc1CO. The first-order valence-corrected chi connectivity index (χ1v) is 6.32. The Morgan fingerprint density at radius 2 is 2.00 bits per heavy atom. The second kappa shape index (κ2) is 5.98. The molecule has 0 bridgehead atoms. The molecule has 0 amide bonds. The lowest BCUT2D eigenvalue weighted by Crippen LogP contribution is -1.97. The number of ether oxygens (including phenoxy) is 1. The second-order valence-electron chi connectivity index (χ2n) is 3.86. The summed E-state index contributed by atoms with van der Waals surface area (Å²) in [5.41, 5.74) is 0.0798. The highest BCUT2D eigenvalue weighted by Crippen LogP contribution is 2.36. The molecule has 20 heavy (non-hydrogen) atoms. The Hall–Kier alpha value is -1.99. The van der Waals surface area contributed by atoms with Crippen molar-refractivity contribution >= 4 is 21.6 Å². The van der Waals surface area contributed by atoms with Gasteiger partial charge in [-0.3, -0.25) is 10.1 Å². The van der Waals surface area contributed by atoms with Crippen molar-refractivity contribution in [2.75, 3.05) is 0 Å². The average Bonchev–Trinajstić information content (AvgIpc) is 2.43. The predicted molar refractivity (Wildman–Crippen MR) is 73.2 cm³/mol. The third kappa shape index (κ3) is 2.94. The fourth-order valence-corrected chi connectivity index (χ4v) is 1.93. The summed E-state index contributed by atoms with van der Waals surface area (Å²) in [6.07, 6.45) is 0. The highest BCUT2D eigenvalue weighted by molar-refractivity contribution is 9.10. The molecule has 0 aliphatic heterocycles. The minimum Gasteiger partial charge on any atom is -0.450 e. The Kier molecular flexibility index (Phi) is 4.31. The third-order valence-electron chi connectivity index (χ3n) is 2.56. The molecule has 2 rings (SSSR count). The van der Waals surface area contributed by atoms with E-state index in [9.17, 15) is 19.6 Å². The normalized spacial score (nSPS) is 10.3. The molecule has 0 spiro atoms. The molecule has 0 aromatic heterocycles. The number of benzene rings is 2. The van der Waals surface area contributed by atoms with E-state index in [0.29, 0.717) is 5.56 Å². The van der Waals surface area contributed by atoms with Gasteiger partial charge in [0.1, 0.15) is 11.6 Å². The van der Waals surface area contributed by atoms with Crippen LogP contribution in [0, 0.1) is 15.9 Å². The fraction of sp³-hybridized carbons (Fsp3) is 0.0769. The number of nitrogens with zero attached hydrogens (tertiary/aromatic N) is 1. The van der Waals surface area contributed by atoms with Gasteiger partial charge >= 0.3 is 5.69 Å². The maximum absolute atomic E-state index is 13.5. The van der Waals surface area contributed by atoms with Crippen LogP contribution < -0.4 is 4.74 Å². The largest absolute Gasteiger partial charge is 0.450 e. The molecule has 0 radical (unpaired) electrons. The highest BCUT2D eigenvalue weighted by Gasteiger charge is 2.20. The summed E-state index contributed by atoms with van der Waals surface area (Å²) in [6, 6.07) is 8.44. The summed E-state index contributed by atoms with van der Waals surface area (Å²) in [4.78, 5) is 10.3. The Morgan fingerprint density at radius 3 is 2.65 bits per heavy atom. The number of halogens is 2. The first kappa shape index (κ1) is 14.4. The van der Waals surface area contributed by atoms with Gasteiger partial charge in [-0.2, -0.15) is 0 Å². The van der Waals surface area contributed by atoms with Gasteiger partial charge in [-0.15, -0.1) is 0 Å². The van der Waals surface area contributed by atoms with E-state index in [4.69, 9.17) is 4.74 Å². The summed E-state index contributed by atoms with van der Waals surface area (Å²) < 4.78 is 18.9. The van der Waals surface area contributed by atoms with Crippen molar-refractivity contribution in [2.45, 2.75) is 6.61 Å². The molecule has 7 heteroatoms. The zero-order valence-electron chi connectivity index (χ0n) is 10.0. The van der Waals surface area contributed by atoms with E-state index < -0.39 is 10.7 Å². The van der Waals surface area contributed by atoms with Crippen molar-refractivity contribution in [3.05, 3.63) is 62.4 Å². The molecule has 0 saturated heterocycles. The average molecular weight is 342 g/mol. The Labute approximate surface area is 121 Å². The smallest absolute Gasteiger partial charge is 0.312 e. The number of nitro groups is 1. The van der Waals surface area contributed by atoms with E-state index in [0.717, 1.165) is 12.1 Å². The first-order valence-electron chi connectivity index (χ1n) is 5.53. The summed E-state index contributed by atoms with van der Waals surface area (Å²) in [5, 5.41) is 20.1. The standard InChI is InChI=1S/C13H9BrFNO4/c14-9-5-11(16(18)19)13(6-10(9)15)20-12-4-2-1-3-8(12)7-17/h1-6,17H,7H2. The van der Waals surface area contributed by atoms with Crippen molar-refractivity contribution in [3.63, 3.8) is 0 Å². The number of rotatable bonds is 4. The van der Waals surface area contributed by atoms with E-state index in [1.54, 1.807) is 18.2 Å². The van der Waals surface area contributed by atoms with Crippen LogP contribution in [0.1, 0.15) is 5.56 Å². The zero-order chi connectivity index (χ0) is 14.7. The van der Waals surface area contributed by atoms with Crippen molar-refractivity contribution < 1.29 is 19.2 Å². The van der Waals surface area contributed by atoms with Gasteiger partial charge in [0, 0.05) is 17.7 Å². The number of hydrogen-bond donors (Lipinski definition) is 1. The lowest BCUT2D eigenvalue weighted by atomic mass is 10.2. The predicted octanol–water partition coefficient (Wildman–Crippen LogP) is 3.78. The molecule has 0 saturated carbocycles. The molecule has 0 aliphatic carbocycles. The Morgan fingerprint density at radius 1 is 1.30 bits per heavy atom. The molecule has 1 N–H and O–H groups in total. The van der Waals surface area contributed by atoms with Crippen LogP contribution >= 0.6 is 15.9 Å². The molecule has 2 aromatic rings. The van der Waals surface area contributed by atoms with Crippen molar-refractivity contribution in [1.29, 1.82) is 0 Å². The lowest BCUT2D eigenvalue weighted by Gasteiger charge is -2.10. The summed E-state index contributed by atoms with van der Waals surface area (Å²) >= 11 is 2.89. The van der Waals surface area contributed by atoms with Crippen LogP contribution in [0.3, 0.4) is 0 Å². The molecule has 2 aromatic carbocycles. The van der Waals surface area contributed by atoms with E-state index in [1.165, 1.54) is 6.07 Å². The van der Waals surface area contributed by atoms with E-state index in [1.807, 2.05) is 0 Å². The van der Waals surface area contributed by atoms with Gasteiger partial charge in [0.2, 0.25) is 5.75 Å². The zero-order valence-corrected chi connectivity index (χ0v) is 11.6. The van der Waals surface area contributed by atoms with Crippen molar-refractivity contribution in [3.8, 4) is 11.5 Å². The molecular formula is C13H9BrFNO4. The van der Waals surface area contributed by atoms with Gasteiger partial charge in [0.15, 0.2) is 0 Å². The van der Waals surface area contributed by atoms with Crippen molar-refractivity contribution in [1.82, 2.24) is 0 Å². The summed E-state index contributed by atoms with van der Waals surface area (Å²) in [6.45, 7) is -0.289. The maximum Gasteiger partial charge on any atom is 0.312 e. The Balaban J connectivity index is 2.47. The van der Waals surface area contributed by atoms with Gasteiger partial charge < -0.3 is 9.84 Å². The van der Waals surface area contributed by atoms with Crippen LogP contribution in [0.2, 0.25) is 0 Å². The van der Waals surface area contributed by atoms with Crippen molar-refractivity contribution in [2.24, 2.45) is 0 Å².